The first-order valence-corrected chi connectivity index (χ1v) is 8.74. The third kappa shape index (κ3) is 2.45. The molecule has 3 aromatic rings. The van der Waals surface area contributed by atoms with Gasteiger partial charge in [-0.05, 0) is 37.3 Å². The van der Waals surface area contributed by atoms with Crippen LogP contribution >= 0.6 is 11.3 Å². The summed E-state index contributed by atoms with van der Waals surface area (Å²) < 4.78 is 3.22. The van der Waals surface area contributed by atoms with Crippen LogP contribution in [0.3, 0.4) is 0 Å². The number of amides is 1. The highest BCUT2D eigenvalue weighted by Crippen LogP contribution is 2.34. The van der Waals surface area contributed by atoms with Crippen molar-refractivity contribution in [1.29, 1.82) is 0 Å². The van der Waals surface area contributed by atoms with E-state index in [1.54, 1.807) is 11.3 Å². The van der Waals surface area contributed by atoms with Crippen LogP contribution in [0, 0.1) is 6.92 Å². The van der Waals surface area contributed by atoms with Crippen LogP contribution < -0.4 is 0 Å². The molecule has 4 rings (SSSR count). The number of aryl methyl sites for hydroxylation is 2. The Morgan fingerprint density at radius 1 is 1.35 bits per heavy atom. The van der Waals surface area contributed by atoms with Gasteiger partial charge in [0.1, 0.15) is 5.82 Å². The number of nitrogens with zero attached hydrogens (tertiary/aromatic N) is 3. The topological polar surface area (TPSA) is 38.1 Å². The minimum Gasteiger partial charge on any atom is -0.336 e. The normalized spacial score (nSPS) is 18.0. The lowest BCUT2D eigenvalue weighted by molar-refractivity contribution is 0.0733. The van der Waals surface area contributed by atoms with Crippen LogP contribution in [0.4, 0.5) is 0 Å². The molecule has 4 nitrogen and oxygen atoms in total. The number of carbonyl (C=O) groups excluding carboxylic acids is 1. The number of aromatic nitrogens is 2. The molecule has 118 valence electrons. The van der Waals surface area contributed by atoms with Gasteiger partial charge in [-0.2, -0.15) is 0 Å². The summed E-state index contributed by atoms with van der Waals surface area (Å²) >= 11 is 1.58. The average Bonchev–Trinajstić information content (AvgIpc) is 3.23. The lowest BCUT2D eigenvalue weighted by Gasteiger charge is -2.23. The fourth-order valence-electron chi connectivity index (χ4n) is 3.45. The van der Waals surface area contributed by atoms with Crippen LogP contribution in [0.25, 0.3) is 10.1 Å². The molecule has 23 heavy (non-hydrogen) atoms. The van der Waals surface area contributed by atoms with E-state index in [1.165, 1.54) is 4.70 Å². The molecule has 0 radical (unpaired) electrons. The number of hydrogen-bond donors (Lipinski definition) is 0. The van der Waals surface area contributed by atoms with E-state index in [1.807, 2.05) is 43.3 Å². The van der Waals surface area contributed by atoms with Gasteiger partial charge in [-0.25, -0.2) is 4.98 Å². The second-order valence-electron chi connectivity index (χ2n) is 6.16. The average molecular weight is 325 g/mol. The van der Waals surface area contributed by atoms with Gasteiger partial charge in [-0.1, -0.05) is 18.2 Å². The minimum absolute atomic E-state index is 0.0893. The minimum atomic E-state index is 0.0893. The molecular formula is C18H19N3OS. The molecule has 1 aliphatic rings. The van der Waals surface area contributed by atoms with Gasteiger partial charge in [-0.15, -0.1) is 11.3 Å². The van der Waals surface area contributed by atoms with Crippen molar-refractivity contribution >= 4 is 27.3 Å². The first-order chi connectivity index (χ1) is 11.1. The van der Waals surface area contributed by atoms with Crippen LogP contribution in [0.5, 0.6) is 0 Å². The highest BCUT2D eigenvalue weighted by Gasteiger charge is 2.33. The molecule has 1 atom stereocenters. The fraction of sp³-hybridized carbons (Fsp3) is 0.333. The predicted molar refractivity (Wildman–Crippen MR) is 92.8 cm³/mol. The highest BCUT2D eigenvalue weighted by molar-refractivity contribution is 7.20. The molecule has 0 N–H and O–H groups in total. The Bertz CT molecular complexity index is 846. The van der Waals surface area contributed by atoms with Crippen molar-refractivity contribution in [2.45, 2.75) is 25.8 Å². The number of carbonyl (C=O) groups is 1. The summed E-state index contributed by atoms with van der Waals surface area (Å²) in [4.78, 5) is 20.5. The Balaban J connectivity index is 1.68. The Labute approximate surface area is 139 Å². The van der Waals surface area contributed by atoms with Crippen LogP contribution in [-0.4, -0.2) is 26.9 Å². The predicted octanol–water partition coefficient (Wildman–Crippen LogP) is 3.92. The maximum Gasteiger partial charge on any atom is 0.264 e. The first kappa shape index (κ1) is 14.5. The Kier molecular flexibility index (Phi) is 3.45. The molecule has 0 bridgehead atoms. The lowest BCUT2D eigenvalue weighted by atomic mass is 10.2. The van der Waals surface area contributed by atoms with Crippen molar-refractivity contribution in [3.8, 4) is 0 Å². The molecule has 3 heterocycles. The van der Waals surface area contributed by atoms with E-state index in [2.05, 4.69) is 21.7 Å². The first-order valence-electron chi connectivity index (χ1n) is 7.93. The molecule has 0 aliphatic carbocycles. The van der Waals surface area contributed by atoms with Crippen LogP contribution in [0.1, 0.15) is 40.1 Å². The van der Waals surface area contributed by atoms with Crippen molar-refractivity contribution in [2.24, 2.45) is 7.05 Å². The summed E-state index contributed by atoms with van der Waals surface area (Å²) in [7, 11) is 2.01. The second kappa shape index (κ2) is 5.49. The molecular weight excluding hydrogens is 306 g/mol. The molecule has 1 amide bonds. The van der Waals surface area contributed by atoms with Crippen molar-refractivity contribution in [3.05, 3.63) is 52.9 Å². The molecule has 0 spiro atoms. The van der Waals surface area contributed by atoms with Gasteiger partial charge >= 0.3 is 0 Å². The van der Waals surface area contributed by atoms with Crippen molar-refractivity contribution < 1.29 is 4.79 Å². The number of thiophene rings is 1. The van der Waals surface area contributed by atoms with E-state index < -0.39 is 0 Å². The van der Waals surface area contributed by atoms with Gasteiger partial charge in [-0.3, -0.25) is 4.79 Å². The van der Waals surface area contributed by atoms with E-state index >= 15 is 0 Å². The van der Waals surface area contributed by atoms with Gasteiger partial charge in [0.15, 0.2) is 0 Å². The quantitative estimate of drug-likeness (QED) is 0.716. The van der Waals surface area contributed by atoms with Gasteiger partial charge < -0.3 is 9.47 Å². The zero-order valence-corrected chi connectivity index (χ0v) is 14.1. The number of rotatable bonds is 2. The number of imidazole rings is 1. The van der Waals surface area contributed by atoms with Gasteiger partial charge in [0.25, 0.3) is 5.91 Å². The summed E-state index contributed by atoms with van der Waals surface area (Å²) in [6.07, 6.45) is 4.05. The molecule has 0 saturated carbocycles. The van der Waals surface area contributed by atoms with Crippen molar-refractivity contribution in [3.63, 3.8) is 0 Å². The van der Waals surface area contributed by atoms with Crippen LogP contribution in [0.2, 0.25) is 0 Å². The van der Waals surface area contributed by atoms with Crippen LogP contribution in [-0.2, 0) is 7.05 Å². The molecule has 1 aliphatic heterocycles. The van der Waals surface area contributed by atoms with E-state index in [0.717, 1.165) is 41.2 Å². The third-order valence-electron chi connectivity index (χ3n) is 4.48. The van der Waals surface area contributed by atoms with E-state index in [4.69, 9.17) is 0 Å². The Morgan fingerprint density at radius 3 is 2.91 bits per heavy atom. The highest BCUT2D eigenvalue weighted by atomic mass is 32.1. The van der Waals surface area contributed by atoms with Crippen molar-refractivity contribution in [1.82, 2.24) is 14.5 Å². The summed E-state index contributed by atoms with van der Waals surface area (Å²) in [6.45, 7) is 2.81. The molecule has 1 fully saturated rings. The van der Waals surface area contributed by atoms with Gasteiger partial charge in [0, 0.05) is 24.5 Å². The number of fused-ring (bicyclic) bond motifs is 1. The monoisotopic (exact) mass is 325 g/mol. The SMILES string of the molecule is Cc1cn(C)c([C@H]2CCCN2C(=O)c2cc3ccccc3s2)n1. The maximum absolute atomic E-state index is 13.0. The third-order valence-corrected chi connectivity index (χ3v) is 5.58. The van der Waals surface area contributed by atoms with Gasteiger partial charge in [0.05, 0.1) is 16.6 Å². The smallest absolute Gasteiger partial charge is 0.264 e. The zero-order valence-electron chi connectivity index (χ0n) is 13.3. The molecule has 0 unspecified atom stereocenters. The zero-order chi connectivity index (χ0) is 16.0. The summed E-state index contributed by atoms with van der Waals surface area (Å²) in [5.41, 5.74) is 1.00. The largest absolute Gasteiger partial charge is 0.336 e. The molecule has 2 aromatic heterocycles. The maximum atomic E-state index is 13.0. The van der Waals surface area contributed by atoms with Crippen LogP contribution in [0.15, 0.2) is 36.5 Å². The summed E-state index contributed by atoms with van der Waals surface area (Å²) in [5.74, 6) is 1.13. The fourth-order valence-corrected chi connectivity index (χ4v) is 4.47. The molecule has 1 saturated heterocycles. The van der Waals surface area contributed by atoms with Crippen molar-refractivity contribution in [2.75, 3.05) is 6.54 Å². The molecule has 1 aromatic carbocycles. The lowest BCUT2D eigenvalue weighted by Crippen LogP contribution is -2.31. The van der Waals surface area contributed by atoms with E-state index in [9.17, 15) is 4.79 Å². The summed E-state index contributed by atoms with van der Waals surface area (Å²) in [5, 5.41) is 1.14. The molecule has 5 heteroatoms. The standard InChI is InChI=1S/C18H19N3OS/c1-12-11-20(2)17(19-12)14-7-5-9-21(14)18(22)16-10-13-6-3-4-8-15(13)23-16/h3-4,6,8,10-11,14H,5,7,9H2,1-2H3/t14-/m1/s1. The number of hydrogen-bond acceptors (Lipinski definition) is 3. The Morgan fingerprint density at radius 2 is 2.17 bits per heavy atom. The summed E-state index contributed by atoms with van der Waals surface area (Å²) in [6, 6.07) is 10.3. The van der Waals surface area contributed by atoms with E-state index in [0.29, 0.717) is 0 Å². The number of likely N-dealkylation sites (tertiary alicyclic amines) is 1. The Hall–Kier alpha value is -2.14. The van der Waals surface area contributed by atoms with E-state index in [-0.39, 0.29) is 11.9 Å². The van der Waals surface area contributed by atoms with Gasteiger partial charge in [0.2, 0.25) is 0 Å². The number of benzene rings is 1. The second-order valence-corrected chi connectivity index (χ2v) is 7.24.